The molecule has 0 radical (unpaired) electrons. The Kier molecular flexibility index (Phi) is 4.87. The number of carbonyl (C=O) groups excluding carboxylic acids is 1. The molecular weight excluding hydrogens is 348 g/mol. The Hall–Kier alpha value is -1.69. The Morgan fingerprint density at radius 2 is 2.14 bits per heavy atom. The van der Waals surface area contributed by atoms with E-state index in [2.05, 4.69) is 26.1 Å². The molecule has 0 saturated heterocycles. The molecule has 1 aromatic heterocycles. The van der Waals surface area contributed by atoms with Crippen molar-refractivity contribution in [2.45, 2.75) is 38.7 Å². The van der Waals surface area contributed by atoms with Gasteiger partial charge in [0.05, 0.1) is 5.92 Å². The minimum Gasteiger partial charge on any atom is -0.455 e. The number of rotatable bonds is 4. The van der Waals surface area contributed by atoms with Gasteiger partial charge in [0.2, 0.25) is 5.82 Å². The van der Waals surface area contributed by atoms with Crippen molar-refractivity contribution in [2.75, 3.05) is 0 Å². The van der Waals surface area contributed by atoms with E-state index in [1.165, 1.54) is 6.42 Å². The molecule has 0 amide bonds. The van der Waals surface area contributed by atoms with Crippen LogP contribution in [0.4, 0.5) is 0 Å². The summed E-state index contributed by atoms with van der Waals surface area (Å²) >= 11 is 3.40. The van der Waals surface area contributed by atoms with Crippen molar-refractivity contribution in [3.63, 3.8) is 0 Å². The molecule has 22 heavy (non-hydrogen) atoms. The second-order valence-corrected chi connectivity index (χ2v) is 6.38. The molecule has 1 saturated carbocycles. The van der Waals surface area contributed by atoms with Crippen LogP contribution in [-0.2, 0) is 16.1 Å². The highest BCUT2D eigenvalue weighted by Gasteiger charge is 2.23. The van der Waals surface area contributed by atoms with Gasteiger partial charge in [-0.05, 0) is 25.0 Å². The third-order valence-corrected chi connectivity index (χ3v) is 4.32. The van der Waals surface area contributed by atoms with Crippen LogP contribution in [0, 0.1) is 5.92 Å². The Morgan fingerprint density at radius 3 is 2.91 bits per heavy atom. The van der Waals surface area contributed by atoms with Gasteiger partial charge in [-0.2, -0.15) is 4.98 Å². The number of hydrogen-bond acceptors (Lipinski definition) is 5. The van der Waals surface area contributed by atoms with Crippen molar-refractivity contribution < 1.29 is 14.1 Å². The normalized spacial score (nSPS) is 15.7. The number of halogens is 1. The molecule has 0 bridgehead atoms. The van der Waals surface area contributed by atoms with Crippen LogP contribution in [0.2, 0.25) is 0 Å². The van der Waals surface area contributed by atoms with Crippen molar-refractivity contribution in [1.82, 2.24) is 10.1 Å². The molecular formula is C16H17BrN2O3. The summed E-state index contributed by atoms with van der Waals surface area (Å²) in [6.45, 7) is 0.0380. The summed E-state index contributed by atoms with van der Waals surface area (Å²) in [5, 5.41) is 3.92. The van der Waals surface area contributed by atoms with Crippen LogP contribution in [0.1, 0.15) is 38.0 Å². The zero-order valence-corrected chi connectivity index (χ0v) is 13.7. The molecule has 1 aliphatic carbocycles. The molecule has 0 N–H and O–H groups in total. The zero-order valence-electron chi connectivity index (χ0n) is 12.1. The Morgan fingerprint density at radius 1 is 1.32 bits per heavy atom. The number of nitrogens with zero attached hydrogens (tertiary/aromatic N) is 2. The van der Waals surface area contributed by atoms with Gasteiger partial charge in [-0.3, -0.25) is 4.79 Å². The SMILES string of the molecule is O=C(OCc1nc(-c2cccc(Br)c2)no1)C1CCCCC1. The highest BCUT2D eigenvalue weighted by Crippen LogP contribution is 2.25. The van der Waals surface area contributed by atoms with E-state index >= 15 is 0 Å². The van der Waals surface area contributed by atoms with E-state index in [-0.39, 0.29) is 18.5 Å². The molecule has 6 heteroatoms. The van der Waals surface area contributed by atoms with E-state index in [4.69, 9.17) is 9.26 Å². The van der Waals surface area contributed by atoms with Crippen molar-refractivity contribution in [3.8, 4) is 11.4 Å². The maximum Gasteiger partial charge on any atom is 0.309 e. The van der Waals surface area contributed by atoms with Crippen molar-refractivity contribution >= 4 is 21.9 Å². The lowest BCUT2D eigenvalue weighted by atomic mass is 9.89. The summed E-state index contributed by atoms with van der Waals surface area (Å²) < 4.78 is 11.4. The predicted octanol–water partition coefficient (Wildman–Crippen LogP) is 4.12. The van der Waals surface area contributed by atoms with Crippen LogP contribution in [0.3, 0.4) is 0 Å². The molecule has 1 aliphatic rings. The summed E-state index contributed by atoms with van der Waals surface area (Å²) in [6.07, 6.45) is 5.27. The average molecular weight is 365 g/mol. The summed E-state index contributed by atoms with van der Waals surface area (Å²) in [5.74, 6) is 0.687. The van der Waals surface area contributed by atoms with Crippen molar-refractivity contribution in [2.24, 2.45) is 5.92 Å². The summed E-state index contributed by atoms with van der Waals surface area (Å²) in [4.78, 5) is 16.2. The van der Waals surface area contributed by atoms with Crippen LogP contribution < -0.4 is 0 Å². The largest absolute Gasteiger partial charge is 0.455 e. The third-order valence-electron chi connectivity index (χ3n) is 3.83. The number of aromatic nitrogens is 2. The molecule has 0 aliphatic heterocycles. The zero-order chi connectivity index (χ0) is 15.4. The van der Waals surface area contributed by atoms with Gasteiger partial charge < -0.3 is 9.26 Å². The van der Waals surface area contributed by atoms with Gasteiger partial charge in [-0.25, -0.2) is 0 Å². The third kappa shape index (κ3) is 3.74. The topological polar surface area (TPSA) is 65.2 Å². The quantitative estimate of drug-likeness (QED) is 0.763. The first-order valence-electron chi connectivity index (χ1n) is 7.47. The van der Waals surface area contributed by atoms with E-state index in [0.717, 1.165) is 35.7 Å². The number of esters is 1. The lowest BCUT2D eigenvalue weighted by Gasteiger charge is -2.19. The minimum absolute atomic E-state index is 0.0289. The molecule has 1 heterocycles. The van der Waals surface area contributed by atoms with E-state index in [0.29, 0.717) is 11.7 Å². The lowest BCUT2D eigenvalue weighted by Crippen LogP contribution is -2.20. The molecule has 116 valence electrons. The summed E-state index contributed by atoms with van der Waals surface area (Å²) in [7, 11) is 0. The highest BCUT2D eigenvalue weighted by molar-refractivity contribution is 9.10. The van der Waals surface area contributed by atoms with Gasteiger partial charge >= 0.3 is 5.97 Å². The van der Waals surface area contributed by atoms with E-state index < -0.39 is 0 Å². The number of carbonyl (C=O) groups is 1. The lowest BCUT2D eigenvalue weighted by molar-refractivity contribution is -0.151. The fraction of sp³-hybridized carbons (Fsp3) is 0.438. The van der Waals surface area contributed by atoms with Crippen LogP contribution in [0.15, 0.2) is 33.3 Å². The Labute approximate surface area is 137 Å². The molecule has 5 nitrogen and oxygen atoms in total. The first-order valence-corrected chi connectivity index (χ1v) is 8.27. The smallest absolute Gasteiger partial charge is 0.309 e. The van der Waals surface area contributed by atoms with Gasteiger partial charge in [-0.15, -0.1) is 0 Å². The molecule has 1 aromatic carbocycles. The van der Waals surface area contributed by atoms with E-state index in [9.17, 15) is 4.79 Å². The minimum atomic E-state index is -0.151. The van der Waals surface area contributed by atoms with Gasteiger partial charge in [0.25, 0.3) is 5.89 Å². The second-order valence-electron chi connectivity index (χ2n) is 5.46. The van der Waals surface area contributed by atoms with Gasteiger partial charge in [0.1, 0.15) is 0 Å². The van der Waals surface area contributed by atoms with E-state index in [1.54, 1.807) is 0 Å². The Balaban J connectivity index is 1.59. The van der Waals surface area contributed by atoms with Crippen LogP contribution in [-0.4, -0.2) is 16.1 Å². The number of benzene rings is 1. The molecule has 0 atom stereocenters. The molecule has 2 aromatic rings. The number of hydrogen-bond donors (Lipinski definition) is 0. The van der Waals surface area contributed by atoms with Crippen LogP contribution in [0.5, 0.6) is 0 Å². The predicted molar refractivity (Wildman–Crippen MR) is 83.8 cm³/mol. The van der Waals surface area contributed by atoms with Gasteiger partial charge in [-0.1, -0.05) is 52.5 Å². The average Bonchev–Trinajstić information content (AvgIpc) is 3.02. The highest BCUT2D eigenvalue weighted by atomic mass is 79.9. The molecule has 0 spiro atoms. The molecule has 3 rings (SSSR count). The van der Waals surface area contributed by atoms with E-state index in [1.807, 2.05) is 24.3 Å². The second kappa shape index (κ2) is 7.05. The monoisotopic (exact) mass is 364 g/mol. The maximum absolute atomic E-state index is 12.0. The summed E-state index contributed by atoms with van der Waals surface area (Å²) in [6, 6.07) is 7.63. The van der Waals surface area contributed by atoms with Crippen LogP contribution >= 0.6 is 15.9 Å². The Bertz CT molecular complexity index is 650. The van der Waals surface area contributed by atoms with Crippen molar-refractivity contribution in [1.29, 1.82) is 0 Å². The van der Waals surface area contributed by atoms with Crippen LogP contribution in [0.25, 0.3) is 11.4 Å². The summed E-state index contributed by atoms with van der Waals surface area (Å²) in [5.41, 5.74) is 0.850. The first-order chi connectivity index (χ1) is 10.7. The van der Waals surface area contributed by atoms with Gasteiger partial charge in [0.15, 0.2) is 6.61 Å². The fourth-order valence-corrected chi connectivity index (χ4v) is 3.05. The molecule has 0 unspecified atom stereocenters. The number of ether oxygens (including phenoxy) is 1. The van der Waals surface area contributed by atoms with Crippen molar-refractivity contribution in [3.05, 3.63) is 34.6 Å². The fourth-order valence-electron chi connectivity index (χ4n) is 2.65. The standard InChI is InChI=1S/C16H17BrN2O3/c17-13-8-4-7-12(9-13)15-18-14(22-19-15)10-21-16(20)11-5-2-1-3-6-11/h4,7-9,11H,1-3,5-6,10H2. The maximum atomic E-state index is 12.0. The molecule has 1 fully saturated rings. The first kappa shape index (κ1) is 15.2. The van der Waals surface area contributed by atoms with Gasteiger partial charge in [0, 0.05) is 10.0 Å².